The molecule has 6 rings (SSSR count). The summed E-state index contributed by atoms with van der Waals surface area (Å²) >= 11 is 0. The molecule has 3 fully saturated rings. The number of nitrogens with zero attached hydrogens (tertiary/aromatic N) is 1. The van der Waals surface area contributed by atoms with Crippen molar-refractivity contribution in [3.05, 3.63) is 77.9 Å². The number of hydrogen-bond donors (Lipinski definition) is 1. The average molecular weight is 514 g/mol. The van der Waals surface area contributed by atoms with Crippen LogP contribution in [0.25, 0.3) is 10.8 Å². The average Bonchev–Trinajstić information content (AvgIpc) is 3.76. The summed E-state index contributed by atoms with van der Waals surface area (Å²) in [6.07, 6.45) is 6.51. The number of carbonyl (C=O) groups excluding carboxylic acids is 1. The van der Waals surface area contributed by atoms with E-state index in [9.17, 15) is 4.79 Å². The molecule has 0 aromatic heterocycles. The third-order valence-electron chi connectivity index (χ3n) is 9.84. The van der Waals surface area contributed by atoms with Gasteiger partial charge in [-0.05, 0) is 72.7 Å². The minimum absolute atomic E-state index is 0.0108. The largest absolute Gasteiger partial charge is 0.497 e. The molecule has 3 aromatic carbocycles. The first-order valence-electron chi connectivity index (χ1n) is 14.2. The summed E-state index contributed by atoms with van der Waals surface area (Å²) in [6, 6.07) is 22.9. The Labute approximate surface area is 226 Å². The highest BCUT2D eigenvalue weighted by Crippen LogP contribution is 2.55. The highest BCUT2D eigenvalue weighted by atomic mass is 16.5. The number of amides is 1. The second-order valence-corrected chi connectivity index (χ2v) is 12.4. The van der Waals surface area contributed by atoms with Crippen molar-refractivity contribution in [2.75, 3.05) is 40.9 Å². The summed E-state index contributed by atoms with van der Waals surface area (Å²) in [5.41, 5.74) is 1.55. The molecule has 1 heterocycles. The van der Waals surface area contributed by atoms with E-state index >= 15 is 0 Å². The Morgan fingerprint density at radius 1 is 0.974 bits per heavy atom. The van der Waals surface area contributed by atoms with Crippen LogP contribution in [-0.4, -0.2) is 62.9 Å². The number of piperidine rings is 1. The van der Waals surface area contributed by atoms with Crippen LogP contribution in [-0.2, 0) is 10.2 Å². The minimum Gasteiger partial charge on any atom is -0.497 e. The summed E-state index contributed by atoms with van der Waals surface area (Å²) in [4.78, 5) is 13.5. The highest BCUT2D eigenvalue weighted by molar-refractivity contribution is 5.98. The van der Waals surface area contributed by atoms with Gasteiger partial charge in [-0.25, -0.2) is 0 Å². The molecular weight excluding hydrogens is 472 g/mol. The van der Waals surface area contributed by atoms with Gasteiger partial charge < -0.3 is 19.3 Å². The Morgan fingerprint density at radius 2 is 1.79 bits per heavy atom. The van der Waals surface area contributed by atoms with Gasteiger partial charge in [0, 0.05) is 36.5 Å². The van der Waals surface area contributed by atoms with Gasteiger partial charge in [-0.2, -0.15) is 0 Å². The maximum Gasteiger partial charge on any atom is 0.251 e. The molecule has 0 radical (unpaired) electrons. The highest BCUT2D eigenvalue weighted by Gasteiger charge is 2.63. The molecule has 5 heteroatoms. The van der Waals surface area contributed by atoms with Gasteiger partial charge in [0.2, 0.25) is 0 Å². The lowest BCUT2D eigenvalue weighted by Gasteiger charge is -2.61. The molecule has 0 bridgehead atoms. The number of ether oxygens (including phenoxy) is 2. The van der Waals surface area contributed by atoms with E-state index in [0.717, 1.165) is 71.3 Å². The predicted octanol–water partition coefficient (Wildman–Crippen LogP) is 5.71. The number of hydrogen-bond acceptors (Lipinski definition) is 3. The van der Waals surface area contributed by atoms with Crippen LogP contribution in [0.15, 0.2) is 66.7 Å². The molecular formula is C33H41N2O3+. The molecule has 1 unspecified atom stereocenters. The van der Waals surface area contributed by atoms with Gasteiger partial charge in [0.15, 0.2) is 0 Å². The Kier molecular flexibility index (Phi) is 6.48. The van der Waals surface area contributed by atoms with E-state index < -0.39 is 0 Å². The second kappa shape index (κ2) is 9.69. The van der Waals surface area contributed by atoms with E-state index in [1.54, 1.807) is 7.11 Å². The standard InChI is InChI=1S/C33H40N2O3/c1-35(22-24-11-12-24)18-17-32(28-9-6-10-30(20-28)37-2)21-29(15-16-33(32,23-35)38-3)34-31(36)27-14-13-25-7-4-5-8-26(25)19-27/h4-10,13-14,19-20,24,29H,11-12,15-18,21-23H2,1-3H3/p+1/t29-,32-,33?,35+/m0/s1. The lowest BCUT2D eigenvalue weighted by atomic mass is 9.54. The van der Waals surface area contributed by atoms with Crippen LogP contribution in [0.2, 0.25) is 0 Å². The lowest BCUT2D eigenvalue weighted by Crippen LogP contribution is -2.72. The fourth-order valence-electron chi connectivity index (χ4n) is 7.68. The fraction of sp³-hybridized carbons (Fsp3) is 0.485. The van der Waals surface area contributed by atoms with Crippen molar-refractivity contribution in [2.45, 2.75) is 55.6 Å². The quantitative estimate of drug-likeness (QED) is 0.412. The number of methoxy groups -OCH3 is 2. The Morgan fingerprint density at radius 3 is 2.55 bits per heavy atom. The third-order valence-corrected chi connectivity index (χ3v) is 9.84. The monoisotopic (exact) mass is 513 g/mol. The summed E-state index contributed by atoms with van der Waals surface area (Å²) in [5.74, 6) is 1.76. The van der Waals surface area contributed by atoms with Gasteiger partial charge >= 0.3 is 0 Å². The van der Waals surface area contributed by atoms with E-state index in [1.165, 1.54) is 24.9 Å². The van der Waals surface area contributed by atoms with Crippen LogP contribution in [0.3, 0.4) is 0 Å². The minimum atomic E-state index is -0.272. The number of benzene rings is 3. The summed E-state index contributed by atoms with van der Waals surface area (Å²) in [7, 11) is 6.08. The van der Waals surface area contributed by atoms with Crippen molar-refractivity contribution in [3.63, 3.8) is 0 Å². The van der Waals surface area contributed by atoms with Crippen molar-refractivity contribution in [1.82, 2.24) is 5.32 Å². The first kappa shape index (κ1) is 25.4. The van der Waals surface area contributed by atoms with E-state index in [1.807, 2.05) is 43.5 Å². The summed E-state index contributed by atoms with van der Waals surface area (Å²) < 4.78 is 13.4. The van der Waals surface area contributed by atoms with Crippen molar-refractivity contribution in [2.24, 2.45) is 5.92 Å². The van der Waals surface area contributed by atoms with Crippen molar-refractivity contribution in [3.8, 4) is 5.75 Å². The SMILES string of the molecule is COc1cccc([C@@]23CC[N@+](C)(CC4CC4)CC2(OC)CC[C@H](NC(=O)c2ccc4ccccc4c2)C3)c1. The number of carbonyl (C=O) groups is 1. The molecule has 5 nitrogen and oxygen atoms in total. The van der Waals surface area contributed by atoms with Gasteiger partial charge in [0.25, 0.3) is 5.91 Å². The van der Waals surface area contributed by atoms with Crippen LogP contribution >= 0.6 is 0 Å². The molecule has 2 saturated carbocycles. The molecule has 4 atom stereocenters. The van der Waals surface area contributed by atoms with Gasteiger partial charge in [0.05, 0.1) is 27.2 Å². The van der Waals surface area contributed by atoms with Gasteiger partial charge in [0.1, 0.15) is 17.9 Å². The number of nitrogens with one attached hydrogen (secondary N) is 1. The molecule has 2 aliphatic carbocycles. The van der Waals surface area contributed by atoms with Crippen LogP contribution in [0, 0.1) is 5.92 Å². The van der Waals surface area contributed by atoms with E-state index in [-0.39, 0.29) is 23.0 Å². The Bertz CT molecular complexity index is 1340. The molecule has 1 N–H and O–H groups in total. The normalized spacial score (nSPS) is 31.0. The second-order valence-electron chi connectivity index (χ2n) is 12.4. The molecule has 3 aliphatic rings. The van der Waals surface area contributed by atoms with Gasteiger partial charge in [-0.15, -0.1) is 0 Å². The van der Waals surface area contributed by atoms with Crippen LogP contribution in [0.4, 0.5) is 0 Å². The third kappa shape index (κ3) is 4.50. The molecule has 3 aromatic rings. The molecule has 1 saturated heterocycles. The van der Waals surface area contributed by atoms with Crippen LogP contribution < -0.4 is 10.1 Å². The fourth-order valence-corrected chi connectivity index (χ4v) is 7.68. The predicted molar refractivity (Wildman–Crippen MR) is 152 cm³/mol. The number of likely N-dealkylation sites (tertiary alicyclic amines) is 1. The van der Waals surface area contributed by atoms with Crippen molar-refractivity contribution in [1.29, 1.82) is 0 Å². The molecule has 38 heavy (non-hydrogen) atoms. The van der Waals surface area contributed by atoms with Crippen LogP contribution in [0.1, 0.15) is 54.4 Å². The summed E-state index contributed by atoms with van der Waals surface area (Å²) in [5, 5.41) is 5.67. The first-order valence-corrected chi connectivity index (χ1v) is 14.2. The molecule has 0 spiro atoms. The smallest absolute Gasteiger partial charge is 0.251 e. The van der Waals surface area contributed by atoms with E-state index in [2.05, 4.69) is 42.7 Å². The zero-order valence-electron chi connectivity index (χ0n) is 23.0. The van der Waals surface area contributed by atoms with Crippen molar-refractivity contribution >= 4 is 16.7 Å². The number of rotatable bonds is 7. The first-order chi connectivity index (χ1) is 18.4. The number of fused-ring (bicyclic) bond motifs is 2. The maximum atomic E-state index is 13.5. The molecule has 1 amide bonds. The molecule has 200 valence electrons. The van der Waals surface area contributed by atoms with Gasteiger partial charge in [-0.1, -0.05) is 42.5 Å². The van der Waals surface area contributed by atoms with E-state index in [4.69, 9.17) is 9.47 Å². The number of likely N-dealkylation sites (N-methyl/N-ethyl adjacent to an activating group) is 1. The zero-order valence-corrected chi connectivity index (χ0v) is 23.0. The Balaban J connectivity index is 1.31. The Hall–Kier alpha value is -2.89. The lowest BCUT2D eigenvalue weighted by molar-refractivity contribution is -0.925. The molecule has 1 aliphatic heterocycles. The zero-order chi connectivity index (χ0) is 26.4. The van der Waals surface area contributed by atoms with Crippen LogP contribution in [0.5, 0.6) is 5.75 Å². The number of quaternary nitrogens is 1. The van der Waals surface area contributed by atoms with E-state index in [0.29, 0.717) is 0 Å². The topological polar surface area (TPSA) is 47.6 Å². The van der Waals surface area contributed by atoms with Crippen molar-refractivity contribution < 1.29 is 18.8 Å². The van der Waals surface area contributed by atoms with Gasteiger partial charge in [-0.3, -0.25) is 4.79 Å². The maximum absolute atomic E-state index is 13.5. The summed E-state index contributed by atoms with van der Waals surface area (Å²) in [6.45, 7) is 3.40.